The number of rotatable bonds is 3. The highest BCUT2D eigenvalue weighted by molar-refractivity contribution is 5.95. The van der Waals surface area contributed by atoms with Crippen LogP contribution >= 0.6 is 0 Å². The number of nitrogens with one attached hydrogen (secondary N) is 1. The van der Waals surface area contributed by atoms with Crippen LogP contribution in [-0.4, -0.2) is 44.9 Å². The van der Waals surface area contributed by atoms with Gasteiger partial charge < -0.3 is 10.2 Å². The number of hydrogen-bond donors (Lipinski definition) is 1. The Labute approximate surface area is 114 Å². The van der Waals surface area contributed by atoms with Crippen molar-refractivity contribution in [2.75, 3.05) is 18.4 Å². The second-order valence-electron chi connectivity index (χ2n) is 4.50. The van der Waals surface area contributed by atoms with Crippen molar-refractivity contribution in [3.63, 3.8) is 0 Å². The quantitative estimate of drug-likeness (QED) is 0.901. The molecule has 7 heteroatoms. The number of halogens is 1. The minimum absolute atomic E-state index is 0.0560. The lowest BCUT2D eigenvalue weighted by molar-refractivity contribution is 0.0620. The predicted octanol–water partition coefficient (Wildman–Crippen LogP) is 0.947. The first-order valence-electron chi connectivity index (χ1n) is 6.15. The molecule has 0 aromatic carbocycles. The van der Waals surface area contributed by atoms with E-state index >= 15 is 0 Å². The summed E-state index contributed by atoms with van der Waals surface area (Å²) in [6.07, 6.45) is 5.55. The molecule has 0 saturated carbocycles. The first-order chi connectivity index (χ1) is 9.74. The van der Waals surface area contributed by atoms with Crippen molar-refractivity contribution in [2.24, 2.45) is 0 Å². The van der Waals surface area contributed by atoms with Crippen LogP contribution in [0, 0.1) is 5.82 Å². The molecule has 20 heavy (non-hydrogen) atoms. The molecule has 0 aliphatic carbocycles. The number of likely N-dealkylation sites (tertiary alicyclic amines) is 1. The van der Waals surface area contributed by atoms with Gasteiger partial charge in [0, 0.05) is 25.5 Å². The van der Waals surface area contributed by atoms with E-state index in [0.29, 0.717) is 18.9 Å². The highest BCUT2D eigenvalue weighted by Gasteiger charge is 2.32. The van der Waals surface area contributed by atoms with Crippen molar-refractivity contribution in [3.8, 4) is 0 Å². The van der Waals surface area contributed by atoms with Crippen molar-refractivity contribution in [3.05, 3.63) is 48.4 Å². The van der Waals surface area contributed by atoms with E-state index in [1.54, 1.807) is 17.2 Å². The van der Waals surface area contributed by atoms with Gasteiger partial charge in [-0.05, 0) is 12.1 Å². The molecule has 1 aliphatic heterocycles. The smallest absolute Gasteiger partial charge is 0.257 e. The fourth-order valence-electron chi connectivity index (χ4n) is 2.04. The summed E-state index contributed by atoms with van der Waals surface area (Å²) in [7, 11) is 0. The maximum absolute atomic E-state index is 13.5. The van der Waals surface area contributed by atoms with Crippen LogP contribution in [0.5, 0.6) is 0 Å². The largest absolute Gasteiger partial charge is 0.364 e. The average molecular weight is 273 g/mol. The summed E-state index contributed by atoms with van der Waals surface area (Å²) in [4.78, 5) is 25.1. The molecule has 0 atom stereocenters. The third-order valence-electron chi connectivity index (χ3n) is 3.11. The van der Waals surface area contributed by atoms with Crippen LogP contribution in [0.15, 0.2) is 37.1 Å². The highest BCUT2D eigenvalue weighted by atomic mass is 19.1. The van der Waals surface area contributed by atoms with E-state index in [9.17, 15) is 9.18 Å². The number of anilines is 1. The molecule has 1 amide bonds. The van der Waals surface area contributed by atoms with Crippen molar-refractivity contribution in [2.45, 2.75) is 6.04 Å². The Morgan fingerprint density at radius 3 is 2.80 bits per heavy atom. The second-order valence-corrected chi connectivity index (χ2v) is 4.50. The van der Waals surface area contributed by atoms with E-state index in [4.69, 9.17) is 0 Å². The number of nitrogens with zero attached hydrogens (tertiary/aromatic N) is 4. The molecule has 0 bridgehead atoms. The van der Waals surface area contributed by atoms with Gasteiger partial charge in [-0.15, -0.1) is 0 Å². The molecule has 3 heterocycles. The zero-order chi connectivity index (χ0) is 13.9. The monoisotopic (exact) mass is 273 g/mol. The molecule has 3 rings (SSSR count). The first-order valence-corrected chi connectivity index (χ1v) is 6.15. The third-order valence-corrected chi connectivity index (χ3v) is 3.11. The van der Waals surface area contributed by atoms with Crippen molar-refractivity contribution >= 4 is 11.7 Å². The van der Waals surface area contributed by atoms with Crippen LogP contribution < -0.4 is 5.32 Å². The van der Waals surface area contributed by atoms with Crippen molar-refractivity contribution in [1.29, 1.82) is 0 Å². The molecule has 0 radical (unpaired) electrons. The van der Waals surface area contributed by atoms with Crippen LogP contribution in [0.1, 0.15) is 10.4 Å². The fourth-order valence-corrected chi connectivity index (χ4v) is 2.04. The summed E-state index contributed by atoms with van der Waals surface area (Å²) in [5.41, 5.74) is 0.0560. The third kappa shape index (κ3) is 2.42. The first kappa shape index (κ1) is 12.5. The maximum atomic E-state index is 13.5. The van der Waals surface area contributed by atoms with Gasteiger partial charge in [-0.3, -0.25) is 9.78 Å². The van der Waals surface area contributed by atoms with Crippen LogP contribution in [0.4, 0.5) is 10.2 Å². The molecule has 1 fully saturated rings. The number of carbonyl (C=O) groups excluding carboxylic acids is 1. The molecule has 6 nitrogen and oxygen atoms in total. The minimum atomic E-state index is -0.593. The van der Waals surface area contributed by atoms with Gasteiger partial charge in [0.15, 0.2) is 5.82 Å². The van der Waals surface area contributed by atoms with Gasteiger partial charge in [-0.25, -0.2) is 14.4 Å². The van der Waals surface area contributed by atoms with Crippen LogP contribution in [0.3, 0.4) is 0 Å². The number of hydrogen-bond acceptors (Lipinski definition) is 5. The molecule has 0 unspecified atom stereocenters. The van der Waals surface area contributed by atoms with Crippen LogP contribution in [0.25, 0.3) is 0 Å². The number of amides is 1. The average Bonchev–Trinajstić information content (AvgIpc) is 2.43. The summed E-state index contributed by atoms with van der Waals surface area (Å²) in [5.74, 6) is -0.192. The molecule has 2 aromatic heterocycles. The zero-order valence-electron chi connectivity index (χ0n) is 10.5. The van der Waals surface area contributed by atoms with E-state index < -0.39 is 5.82 Å². The SMILES string of the molecule is O=C(c1ccncc1F)N1CC(Nc2ccncn2)C1. The zero-order valence-corrected chi connectivity index (χ0v) is 10.5. The van der Waals surface area contributed by atoms with E-state index in [2.05, 4.69) is 20.3 Å². The van der Waals surface area contributed by atoms with Crippen molar-refractivity contribution in [1.82, 2.24) is 19.9 Å². The Bertz CT molecular complexity index is 615. The summed E-state index contributed by atoms with van der Waals surface area (Å²) in [6.45, 7) is 1.04. The molecule has 1 saturated heterocycles. The number of pyridine rings is 1. The maximum Gasteiger partial charge on any atom is 0.257 e. The lowest BCUT2D eigenvalue weighted by atomic mass is 10.1. The predicted molar refractivity (Wildman–Crippen MR) is 69.5 cm³/mol. The van der Waals surface area contributed by atoms with Gasteiger partial charge in [0.25, 0.3) is 5.91 Å². The lowest BCUT2D eigenvalue weighted by Gasteiger charge is -2.39. The van der Waals surface area contributed by atoms with Gasteiger partial charge in [0.1, 0.15) is 12.1 Å². The Morgan fingerprint density at radius 2 is 2.10 bits per heavy atom. The summed E-state index contributed by atoms with van der Waals surface area (Å²) in [6, 6.07) is 3.27. The van der Waals surface area contributed by atoms with E-state index in [1.165, 1.54) is 18.6 Å². The molecule has 102 valence electrons. The summed E-state index contributed by atoms with van der Waals surface area (Å²) in [5, 5.41) is 3.18. The number of aromatic nitrogens is 3. The molecule has 0 spiro atoms. The van der Waals surface area contributed by atoms with Gasteiger partial charge in [0.05, 0.1) is 17.8 Å². The second kappa shape index (κ2) is 5.20. The van der Waals surface area contributed by atoms with Gasteiger partial charge >= 0.3 is 0 Å². The number of carbonyl (C=O) groups is 1. The Kier molecular flexibility index (Phi) is 3.24. The summed E-state index contributed by atoms with van der Waals surface area (Å²) < 4.78 is 13.5. The van der Waals surface area contributed by atoms with Gasteiger partial charge in [-0.1, -0.05) is 0 Å². The lowest BCUT2D eigenvalue weighted by Crippen LogP contribution is -2.57. The van der Waals surface area contributed by atoms with Crippen molar-refractivity contribution < 1.29 is 9.18 Å². The molecular formula is C13H12FN5O. The Hall–Kier alpha value is -2.57. The Morgan fingerprint density at radius 1 is 1.30 bits per heavy atom. The normalized spacial score (nSPS) is 14.8. The van der Waals surface area contributed by atoms with Gasteiger partial charge in [-0.2, -0.15) is 0 Å². The molecule has 1 N–H and O–H groups in total. The van der Waals surface area contributed by atoms with Crippen LogP contribution in [0.2, 0.25) is 0 Å². The standard InChI is InChI=1S/C13H12FN5O/c14-11-5-15-3-1-10(11)13(20)19-6-9(7-19)18-12-2-4-16-8-17-12/h1-5,8-9H,6-7H2,(H,16,17,18). The Balaban J connectivity index is 1.58. The molecular weight excluding hydrogens is 261 g/mol. The van der Waals surface area contributed by atoms with Gasteiger partial charge in [0.2, 0.25) is 0 Å². The highest BCUT2D eigenvalue weighted by Crippen LogP contribution is 2.17. The van der Waals surface area contributed by atoms with E-state index in [1.807, 2.05) is 0 Å². The topological polar surface area (TPSA) is 71.0 Å². The minimum Gasteiger partial charge on any atom is -0.364 e. The fraction of sp³-hybridized carbons (Fsp3) is 0.231. The van der Waals surface area contributed by atoms with Crippen LogP contribution in [-0.2, 0) is 0 Å². The molecule has 1 aliphatic rings. The molecule has 2 aromatic rings. The van der Waals surface area contributed by atoms with E-state index in [0.717, 1.165) is 6.20 Å². The van der Waals surface area contributed by atoms with E-state index in [-0.39, 0.29) is 17.5 Å². The summed E-state index contributed by atoms with van der Waals surface area (Å²) >= 11 is 0.